The molecule has 25 heavy (non-hydrogen) atoms. The Balaban J connectivity index is 2.15. The Hall–Kier alpha value is -2.38. The number of fused-ring (bicyclic) bond motifs is 1. The third-order valence-corrected chi connectivity index (χ3v) is 6.46. The van der Waals surface area contributed by atoms with Gasteiger partial charge in [0.2, 0.25) is 0 Å². The average Bonchev–Trinajstić information content (AvgIpc) is 2.60. The first-order chi connectivity index (χ1) is 11.9. The molecule has 2 aromatic carbocycles. The van der Waals surface area contributed by atoms with Crippen LogP contribution in [-0.2, 0) is 16.4 Å². The van der Waals surface area contributed by atoms with Gasteiger partial charge in [0.25, 0.3) is 10.0 Å². The molecule has 1 atom stereocenters. The number of rotatable bonds is 4. The molecule has 7 heteroatoms. The van der Waals surface area contributed by atoms with Gasteiger partial charge in [0, 0.05) is 19.1 Å². The lowest BCUT2D eigenvalue weighted by molar-refractivity contribution is 0.0696. The highest BCUT2D eigenvalue weighted by Gasteiger charge is 2.34. The number of anilines is 1. The molecule has 1 heterocycles. The molecule has 0 radical (unpaired) electrons. The maximum atomic E-state index is 13.3. The number of sulfonamides is 1. The van der Waals surface area contributed by atoms with E-state index in [-0.39, 0.29) is 35.1 Å². The van der Waals surface area contributed by atoms with Crippen LogP contribution in [0.5, 0.6) is 0 Å². The molecule has 6 nitrogen and oxygen atoms in total. The first-order valence-corrected chi connectivity index (χ1v) is 9.34. The second kappa shape index (κ2) is 6.50. The summed E-state index contributed by atoms with van der Waals surface area (Å²) >= 11 is 0. The van der Waals surface area contributed by atoms with Gasteiger partial charge in [0.1, 0.15) is 0 Å². The van der Waals surface area contributed by atoms with Gasteiger partial charge in [-0.15, -0.1) is 0 Å². The quantitative estimate of drug-likeness (QED) is 0.869. The van der Waals surface area contributed by atoms with Crippen LogP contribution in [0.3, 0.4) is 0 Å². The molecular formula is C18H19NO5S. The van der Waals surface area contributed by atoms with Crippen LogP contribution in [0.2, 0.25) is 0 Å². The van der Waals surface area contributed by atoms with Crippen molar-refractivity contribution in [3.63, 3.8) is 0 Å². The van der Waals surface area contributed by atoms with Crippen molar-refractivity contribution in [2.24, 2.45) is 5.92 Å². The fourth-order valence-corrected chi connectivity index (χ4v) is 5.06. The summed E-state index contributed by atoms with van der Waals surface area (Å²) in [5, 5.41) is 18.8. The van der Waals surface area contributed by atoms with E-state index in [1.54, 1.807) is 12.1 Å². The highest BCUT2D eigenvalue weighted by molar-refractivity contribution is 7.92. The number of nitrogens with zero attached hydrogens (tertiary/aromatic N) is 1. The van der Waals surface area contributed by atoms with Gasteiger partial charge < -0.3 is 10.2 Å². The maximum absolute atomic E-state index is 13.3. The number of carbonyl (C=O) groups is 1. The molecule has 1 aliphatic heterocycles. The fraction of sp³-hybridized carbons (Fsp3) is 0.278. The Bertz CT molecular complexity index is 923. The van der Waals surface area contributed by atoms with Gasteiger partial charge in [-0.25, -0.2) is 13.2 Å². The van der Waals surface area contributed by atoms with Crippen LogP contribution in [0.15, 0.2) is 47.4 Å². The van der Waals surface area contributed by atoms with Crippen LogP contribution in [0, 0.1) is 12.8 Å². The lowest BCUT2D eigenvalue weighted by Crippen LogP contribution is -2.41. The number of hydrogen-bond acceptors (Lipinski definition) is 4. The van der Waals surface area contributed by atoms with Crippen molar-refractivity contribution in [2.75, 3.05) is 17.5 Å². The highest BCUT2D eigenvalue weighted by atomic mass is 32.2. The Kier molecular flexibility index (Phi) is 4.53. The smallest absolute Gasteiger partial charge is 0.335 e. The van der Waals surface area contributed by atoms with Crippen LogP contribution in [-0.4, -0.2) is 37.8 Å². The average molecular weight is 361 g/mol. The van der Waals surface area contributed by atoms with Gasteiger partial charge in [-0.05, 0) is 42.7 Å². The van der Waals surface area contributed by atoms with Crippen molar-refractivity contribution in [2.45, 2.75) is 18.2 Å². The number of benzene rings is 2. The summed E-state index contributed by atoms with van der Waals surface area (Å²) in [7, 11) is -3.95. The number of para-hydroxylation sites is 1. The van der Waals surface area contributed by atoms with E-state index in [1.165, 1.54) is 29.4 Å². The highest BCUT2D eigenvalue weighted by Crippen LogP contribution is 2.35. The minimum absolute atomic E-state index is 0.0270. The van der Waals surface area contributed by atoms with Crippen LogP contribution in [0.1, 0.15) is 21.5 Å². The summed E-state index contributed by atoms with van der Waals surface area (Å²) in [5.41, 5.74) is 1.60. The standard InChI is InChI=1S/C18H19NO5S/c1-12-15(18(21)22)6-4-8-17(12)25(23,24)19-10-13(11-20)9-14-5-2-3-7-16(14)19/h2-8,13,20H,9-11H2,1H3,(H,21,22). The van der Waals surface area contributed by atoms with Gasteiger partial charge in [-0.2, -0.15) is 0 Å². The first-order valence-electron chi connectivity index (χ1n) is 7.90. The third-order valence-electron chi connectivity index (χ3n) is 4.53. The molecule has 0 spiro atoms. The van der Waals surface area contributed by atoms with Gasteiger partial charge in [-0.1, -0.05) is 24.3 Å². The molecule has 0 aliphatic carbocycles. The predicted molar refractivity (Wildman–Crippen MR) is 93.4 cm³/mol. The van der Waals surface area contributed by atoms with Gasteiger partial charge in [0.15, 0.2) is 0 Å². The fourth-order valence-electron chi connectivity index (χ4n) is 3.23. The first kappa shape index (κ1) is 17.4. The van der Waals surface area contributed by atoms with E-state index in [1.807, 2.05) is 12.1 Å². The van der Waals surface area contributed by atoms with Crippen molar-refractivity contribution in [3.05, 3.63) is 59.2 Å². The van der Waals surface area contributed by atoms with E-state index >= 15 is 0 Å². The number of hydrogen-bond donors (Lipinski definition) is 2. The number of carboxylic acids is 1. The maximum Gasteiger partial charge on any atom is 0.335 e. The minimum Gasteiger partial charge on any atom is -0.478 e. The van der Waals surface area contributed by atoms with E-state index in [9.17, 15) is 23.4 Å². The van der Waals surface area contributed by atoms with E-state index in [0.29, 0.717) is 12.1 Å². The Labute approximate surface area is 146 Å². The van der Waals surface area contributed by atoms with E-state index in [0.717, 1.165) is 5.56 Å². The van der Waals surface area contributed by atoms with Gasteiger partial charge in [0.05, 0.1) is 16.1 Å². The molecular weight excluding hydrogens is 342 g/mol. The van der Waals surface area contributed by atoms with Crippen molar-refractivity contribution in [1.82, 2.24) is 0 Å². The third kappa shape index (κ3) is 3.01. The molecule has 132 valence electrons. The molecule has 0 aromatic heterocycles. The second-order valence-corrected chi connectivity index (χ2v) is 7.98. The van der Waals surface area contributed by atoms with Crippen LogP contribution >= 0.6 is 0 Å². The van der Waals surface area contributed by atoms with Crippen LogP contribution < -0.4 is 4.31 Å². The van der Waals surface area contributed by atoms with Crippen LogP contribution in [0.25, 0.3) is 0 Å². The predicted octanol–water partition coefficient (Wildman–Crippen LogP) is 2.05. The summed E-state index contributed by atoms with van der Waals surface area (Å²) in [6, 6.07) is 11.4. The summed E-state index contributed by atoms with van der Waals surface area (Å²) < 4.78 is 27.8. The Morgan fingerprint density at radius 3 is 2.60 bits per heavy atom. The molecule has 0 saturated carbocycles. The molecule has 1 aliphatic rings. The normalized spacial score (nSPS) is 17.2. The molecule has 3 rings (SSSR count). The summed E-state index contributed by atoms with van der Waals surface area (Å²) in [4.78, 5) is 11.3. The summed E-state index contributed by atoms with van der Waals surface area (Å²) in [5.74, 6) is -1.37. The summed E-state index contributed by atoms with van der Waals surface area (Å²) in [6.45, 7) is 1.54. The number of aliphatic hydroxyl groups excluding tert-OH is 1. The van der Waals surface area contributed by atoms with Crippen LogP contribution in [0.4, 0.5) is 5.69 Å². The molecule has 2 N–H and O–H groups in total. The zero-order valence-electron chi connectivity index (χ0n) is 13.7. The number of aliphatic hydroxyl groups is 1. The second-order valence-electron chi connectivity index (χ2n) is 6.15. The Morgan fingerprint density at radius 1 is 1.20 bits per heavy atom. The topological polar surface area (TPSA) is 94.9 Å². The van der Waals surface area contributed by atoms with E-state index in [4.69, 9.17) is 0 Å². The van der Waals surface area contributed by atoms with Crippen molar-refractivity contribution in [3.8, 4) is 0 Å². The van der Waals surface area contributed by atoms with E-state index < -0.39 is 16.0 Å². The van der Waals surface area contributed by atoms with Crippen molar-refractivity contribution < 1.29 is 23.4 Å². The van der Waals surface area contributed by atoms with Gasteiger partial charge >= 0.3 is 5.97 Å². The lowest BCUT2D eigenvalue weighted by Gasteiger charge is -2.35. The number of carboxylic acid groups (broad SMARTS) is 1. The van der Waals surface area contributed by atoms with E-state index in [2.05, 4.69) is 0 Å². The molecule has 0 saturated heterocycles. The lowest BCUT2D eigenvalue weighted by atomic mass is 9.95. The molecule has 2 aromatic rings. The largest absolute Gasteiger partial charge is 0.478 e. The molecule has 0 amide bonds. The number of aromatic carboxylic acids is 1. The zero-order chi connectivity index (χ0) is 18.2. The molecule has 0 bridgehead atoms. The molecule has 0 fully saturated rings. The summed E-state index contributed by atoms with van der Waals surface area (Å²) in [6.07, 6.45) is 0.604. The monoisotopic (exact) mass is 361 g/mol. The van der Waals surface area contributed by atoms with Crippen molar-refractivity contribution in [1.29, 1.82) is 0 Å². The molecule has 1 unspecified atom stereocenters. The minimum atomic E-state index is -3.95. The van der Waals surface area contributed by atoms with Crippen molar-refractivity contribution >= 4 is 21.7 Å². The van der Waals surface area contributed by atoms with Gasteiger partial charge in [-0.3, -0.25) is 4.31 Å². The SMILES string of the molecule is Cc1c(C(=O)O)cccc1S(=O)(=O)N1CC(CO)Cc2ccccc21. The Morgan fingerprint density at radius 2 is 1.92 bits per heavy atom. The zero-order valence-corrected chi connectivity index (χ0v) is 14.5.